The number of rotatable bonds is 8. The molecule has 0 aromatic carbocycles. The highest BCUT2D eigenvalue weighted by Gasteiger charge is 2.15. The van der Waals surface area contributed by atoms with E-state index in [1.165, 1.54) is 32.4 Å². The fraction of sp³-hybridized carbons (Fsp3) is 0.889. The maximum Gasteiger partial charge on any atom is 0.224 e. The van der Waals surface area contributed by atoms with Crippen LogP contribution in [0, 0.1) is 0 Å². The summed E-state index contributed by atoms with van der Waals surface area (Å²) in [6.45, 7) is 8.20. The lowest BCUT2D eigenvalue weighted by molar-refractivity contribution is -0.131. The monoisotopic (exact) mass is 345 g/mol. The van der Waals surface area contributed by atoms with Crippen molar-refractivity contribution in [3.8, 4) is 0 Å². The number of carbonyl (C=O) groups is 2. The molecule has 0 aromatic heterocycles. The Kier molecular flexibility index (Phi) is 19.3. The fourth-order valence-corrected chi connectivity index (χ4v) is 2.54. The van der Waals surface area contributed by atoms with Crippen molar-refractivity contribution in [2.75, 3.05) is 47.4 Å². The van der Waals surface area contributed by atoms with Gasteiger partial charge in [-0.2, -0.15) is 0 Å². The molecule has 0 radical (unpaired) electrons. The molecule has 1 saturated heterocycles. The molecule has 1 amide bonds. The van der Waals surface area contributed by atoms with Gasteiger partial charge in [0.05, 0.1) is 0 Å². The van der Waals surface area contributed by atoms with Gasteiger partial charge in [-0.15, -0.1) is 0 Å². The second kappa shape index (κ2) is 18.4. The highest BCUT2D eigenvalue weighted by atomic mass is 16.2. The number of carbonyl (C=O) groups excluding carboxylic acids is 2. The number of aldehydes is 1. The van der Waals surface area contributed by atoms with Gasteiger partial charge < -0.3 is 25.0 Å². The Labute approximate surface area is 148 Å². The predicted molar refractivity (Wildman–Crippen MR) is 100 cm³/mol. The van der Waals surface area contributed by atoms with Gasteiger partial charge in [-0.3, -0.25) is 4.79 Å². The number of aliphatic hydroxyl groups excluding tert-OH is 1. The molecule has 0 aromatic rings. The van der Waals surface area contributed by atoms with Gasteiger partial charge in [0, 0.05) is 39.1 Å². The van der Waals surface area contributed by atoms with E-state index in [0.29, 0.717) is 12.8 Å². The molecule has 1 atom stereocenters. The summed E-state index contributed by atoms with van der Waals surface area (Å²) < 4.78 is 0. The van der Waals surface area contributed by atoms with Crippen molar-refractivity contribution in [2.24, 2.45) is 0 Å². The topological polar surface area (TPSA) is 72.9 Å². The quantitative estimate of drug-likeness (QED) is 0.653. The van der Waals surface area contributed by atoms with Gasteiger partial charge in [-0.25, -0.2) is 0 Å². The molecule has 6 heteroatoms. The van der Waals surface area contributed by atoms with E-state index in [0.717, 1.165) is 32.9 Å². The largest absolute Gasteiger partial charge is 0.400 e. The molecule has 0 aliphatic carbocycles. The minimum atomic E-state index is -0.0269. The third-order valence-electron chi connectivity index (χ3n) is 4.02. The molecule has 1 aliphatic rings. The molecule has 1 unspecified atom stereocenters. The Morgan fingerprint density at radius 1 is 1.25 bits per heavy atom. The number of hydrogen-bond acceptors (Lipinski definition) is 5. The molecular formula is C18H39N3O3. The summed E-state index contributed by atoms with van der Waals surface area (Å²) in [6.07, 6.45) is 6.90. The fourth-order valence-electron chi connectivity index (χ4n) is 2.54. The lowest BCUT2D eigenvalue weighted by Gasteiger charge is -2.22. The van der Waals surface area contributed by atoms with Gasteiger partial charge in [0.2, 0.25) is 5.91 Å². The maximum absolute atomic E-state index is 11.8. The van der Waals surface area contributed by atoms with Crippen LogP contribution in [-0.2, 0) is 9.59 Å². The average molecular weight is 346 g/mol. The first-order valence-electron chi connectivity index (χ1n) is 9.10. The molecule has 24 heavy (non-hydrogen) atoms. The van der Waals surface area contributed by atoms with Crippen LogP contribution in [0.25, 0.3) is 0 Å². The van der Waals surface area contributed by atoms with Crippen molar-refractivity contribution in [3.05, 3.63) is 0 Å². The van der Waals surface area contributed by atoms with Crippen molar-refractivity contribution in [2.45, 2.75) is 58.4 Å². The molecule has 1 aliphatic heterocycles. The number of amides is 1. The number of nitrogens with zero attached hydrogens (tertiary/aromatic N) is 2. The Hall–Kier alpha value is -0.980. The molecule has 1 fully saturated rings. The van der Waals surface area contributed by atoms with Crippen LogP contribution >= 0.6 is 0 Å². The normalized spacial score (nSPS) is 15.2. The van der Waals surface area contributed by atoms with Gasteiger partial charge in [0.15, 0.2) is 0 Å². The lowest BCUT2D eigenvalue weighted by atomic mass is 10.1. The zero-order valence-corrected chi connectivity index (χ0v) is 16.4. The molecule has 1 rings (SSSR count). The summed E-state index contributed by atoms with van der Waals surface area (Å²) in [5.74, 6) is 0.126. The Bertz CT molecular complexity index is 295. The Morgan fingerprint density at radius 3 is 2.17 bits per heavy atom. The number of piperidine rings is 1. The highest BCUT2D eigenvalue weighted by Crippen LogP contribution is 2.04. The lowest BCUT2D eigenvalue weighted by Crippen LogP contribution is -2.37. The van der Waals surface area contributed by atoms with Crippen LogP contribution in [0.1, 0.15) is 52.4 Å². The minimum Gasteiger partial charge on any atom is -0.400 e. The molecule has 6 nitrogen and oxygen atoms in total. The summed E-state index contributed by atoms with van der Waals surface area (Å²) in [5, 5.41) is 9.98. The van der Waals surface area contributed by atoms with Crippen LogP contribution in [0.4, 0.5) is 0 Å². The van der Waals surface area contributed by atoms with E-state index < -0.39 is 0 Å². The molecule has 0 spiro atoms. The maximum atomic E-state index is 11.8. The van der Waals surface area contributed by atoms with Gasteiger partial charge >= 0.3 is 0 Å². The minimum absolute atomic E-state index is 0.0269. The summed E-state index contributed by atoms with van der Waals surface area (Å²) in [6, 6.07) is -0.0269. The van der Waals surface area contributed by atoms with Gasteiger partial charge in [-0.05, 0) is 53.4 Å². The van der Waals surface area contributed by atoms with Crippen LogP contribution in [0.15, 0.2) is 0 Å². The van der Waals surface area contributed by atoms with Crippen molar-refractivity contribution in [3.63, 3.8) is 0 Å². The van der Waals surface area contributed by atoms with Gasteiger partial charge in [0.25, 0.3) is 0 Å². The second-order valence-electron chi connectivity index (χ2n) is 5.93. The van der Waals surface area contributed by atoms with E-state index in [1.807, 2.05) is 11.8 Å². The van der Waals surface area contributed by atoms with E-state index >= 15 is 0 Å². The first kappa shape index (κ1) is 25.3. The van der Waals surface area contributed by atoms with Crippen molar-refractivity contribution < 1.29 is 14.7 Å². The first-order chi connectivity index (χ1) is 11.6. The Morgan fingerprint density at radius 2 is 1.83 bits per heavy atom. The van der Waals surface area contributed by atoms with Crippen LogP contribution < -0.4 is 5.32 Å². The second-order valence-corrected chi connectivity index (χ2v) is 5.93. The zero-order chi connectivity index (χ0) is 18.8. The average Bonchev–Trinajstić information content (AvgIpc) is 2.62. The number of aliphatic hydroxyl groups is 1. The first-order valence-corrected chi connectivity index (χ1v) is 9.10. The standard InChI is InChI=1S/C11H22N2O2.C6H13N.CH4O/c1-4-7-13(5-2)11(15)9-10(12-3)6-8-14;1-7-5-3-2-4-6-7;1-2/h8,10,12H,4-7,9H2,1-3H3;2-6H2,1H3;2H,1H3. The van der Waals surface area contributed by atoms with Crippen LogP contribution in [0.5, 0.6) is 0 Å². The van der Waals surface area contributed by atoms with Crippen molar-refractivity contribution >= 4 is 12.2 Å². The van der Waals surface area contributed by atoms with Gasteiger partial charge in [0.1, 0.15) is 6.29 Å². The summed E-state index contributed by atoms with van der Waals surface area (Å²) in [5.41, 5.74) is 0. The highest BCUT2D eigenvalue weighted by molar-refractivity contribution is 5.77. The smallest absolute Gasteiger partial charge is 0.224 e. The van der Waals surface area contributed by atoms with Crippen molar-refractivity contribution in [1.29, 1.82) is 0 Å². The van der Waals surface area contributed by atoms with E-state index in [1.54, 1.807) is 7.05 Å². The van der Waals surface area contributed by atoms with Crippen LogP contribution in [0.2, 0.25) is 0 Å². The van der Waals surface area contributed by atoms with Gasteiger partial charge in [-0.1, -0.05) is 13.3 Å². The number of nitrogens with one attached hydrogen (secondary N) is 1. The molecular weight excluding hydrogens is 306 g/mol. The summed E-state index contributed by atoms with van der Waals surface area (Å²) >= 11 is 0. The number of likely N-dealkylation sites (tertiary alicyclic amines) is 1. The number of hydrogen-bond donors (Lipinski definition) is 2. The molecule has 1 heterocycles. The van der Waals surface area contributed by atoms with E-state index in [4.69, 9.17) is 5.11 Å². The Balaban J connectivity index is 0. The summed E-state index contributed by atoms with van der Waals surface area (Å²) in [7, 11) is 4.97. The SMILES string of the molecule is CCCN(CC)C(=O)CC(CC=O)NC.CN1CCCCC1.CO. The third kappa shape index (κ3) is 13.5. The van der Waals surface area contributed by atoms with E-state index in [2.05, 4.69) is 24.2 Å². The zero-order valence-electron chi connectivity index (χ0n) is 16.4. The summed E-state index contributed by atoms with van der Waals surface area (Å²) in [4.78, 5) is 26.4. The molecule has 0 saturated carbocycles. The third-order valence-corrected chi connectivity index (χ3v) is 4.02. The molecule has 2 N–H and O–H groups in total. The molecule has 144 valence electrons. The van der Waals surface area contributed by atoms with E-state index in [9.17, 15) is 9.59 Å². The van der Waals surface area contributed by atoms with Crippen LogP contribution in [-0.4, -0.2) is 80.5 Å². The van der Waals surface area contributed by atoms with Crippen LogP contribution in [0.3, 0.4) is 0 Å². The predicted octanol–water partition coefficient (Wildman–Crippen LogP) is 1.52. The molecule has 0 bridgehead atoms. The van der Waals surface area contributed by atoms with Crippen molar-refractivity contribution in [1.82, 2.24) is 15.1 Å². The van der Waals surface area contributed by atoms with E-state index in [-0.39, 0.29) is 11.9 Å².